The van der Waals surface area contributed by atoms with Gasteiger partial charge in [0.25, 0.3) is 0 Å². The van der Waals surface area contributed by atoms with E-state index >= 15 is 0 Å². The fourth-order valence-corrected chi connectivity index (χ4v) is 3.44. The van der Waals surface area contributed by atoms with Gasteiger partial charge in [-0.3, -0.25) is 0 Å². The van der Waals surface area contributed by atoms with Crippen LogP contribution in [-0.2, 0) is 0 Å². The molecule has 0 bridgehead atoms. The number of rotatable bonds is 5. The number of hydrogen-bond acceptors (Lipinski definition) is 1. The van der Waals surface area contributed by atoms with E-state index < -0.39 is 0 Å². The zero-order chi connectivity index (χ0) is 13.0. The average Bonchev–Trinajstić information content (AvgIpc) is 2.88. The van der Waals surface area contributed by atoms with Crippen molar-refractivity contribution in [2.75, 3.05) is 5.33 Å². The van der Waals surface area contributed by atoms with Crippen molar-refractivity contribution < 1.29 is 0 Å². The number of thiophene rings is 1. The van der Waals surface area contributed by atoms with Crippen LogP contribution in [0, 0.1) is 13.8 Å². The number of aryl methyl sites for hydroxylation is 2. The molecule has 2 aromatic rings. The van der Waals surface area contributed by atoms with Crippen LogP contribution in [0.25, 0.3) is 0 Å². The van der Waals surface area contributed by atoms with E-state index in [0.29, 0.717) is 5.92 Å². The first-order chi connectivity index (χ1) is 8.72. The summed E-state index contributed by atoms with van der Waals surface area (Å²) >= 11 is 5.41. The largest absolute Gasteiger partial charge is 0.148 e. The summed E-state index contributed by atoms with van der Waals surface area (Å²) in [6, 6.07) is 11.3. The predicted octanol–water partition coefficient (Wildman–Crippen LogP) is 5.67. The van der Waals surface area contributed by atoms with E-state index in [1.165, 1.54) is 34.4 Å². The van der Waals surface area contributed by atoms with E-state index in [2.05, 4.69) is 65.5 Å². The molecule has 0 saturated heterocycles. The molecule has 0 unspecified atom stereocenters. The summed E-state index contributed by atoms with van der Waals surface area (Å²) in [6.45, 7) is 4.38. The molecule has 0 aliphatic rings. The van der Waals surface area contributed by atoms with Crippen molar-refractivity contribution >= 4 is 27.3 Å². The standard InChI is InChI=1S/C16H19BrS/c1-12-7-8-14(11-13(12)2)15(5-3-9-17)16-6-4-10-18-16/h4,6-8,10-11,15H,3,5,9H2,1-2H3/t15-/m0/s1. The molecule has 0 spiro atoms. The number of alkyl halides is 1. The highest BCUT2D eigenvalue weighted by atomic mass is 79.9. The molecule has 0 amide bonds. The Hall–Kier alpha value is -0.600. The highest BCUT2D eigenvalue weighted by Crippen LogP contribution is 2.33. The van der Waals surface area contributed by atoms with E-state index in [-0.39, 0.29) is 0 Å². The van der Waals surface area contributed by atoms with Gasteiger partial charge in [0, 0.05) is 16.1 Å². The van der Waals surface area contributed by atoms with Gasteiger partial charge in [0.15, 0.2) is 0 Å². The summed E-state index contributed by atoms with van der Waals surface area (Å²) in [5, 5.41) is 3.26. The fraction of sp³-hybridized carbons (Fsp3) is 0.375. The minimum Gasteiger partial charge on any atom is -0.148 e. The minimum atomic E-state index is 0.557. The van der Waals surface area contributed by atoms with E-state index in [1.54, 1.807) is 0 Å². The van der Waals surface area contributed by atoms with Crippen molar-refractivity contribution in [2.45, 2.75) is 32.6 Å². The molecular weight excluding hydrogens is 304 g/mol. The van der Waals surface area contributed by atoms with Crippen molar-refractivity contribution in [3.63, 3.8) is 0 Å². The monoisotopic (exact) mass is 322 g/mol. The molecule has 1 aromatic carbocycles. The maximum absolute atomic E-state index is 3.54. The summed E-state index contributed by atoms with van der Waals surface area (Å²) in [5.74, 6) is 0.557. The van der Waals surface area contributed by atoms with Crippen LogP contribution in [0.4, 0.5) is 0 Å². The molecule has 0 saturated carbocycles. The Labute approximate surface area is 122 Å². The molecule has 18 heavy (non-hydrogen) atoms. The lowest BCUT2D eigenvalue weighted by molar-refractivity contribution is 0.715. The molecular formula is C16H19BrS. The van der Waals surface area contributed by atoms with Crippen molar-refractivity contribution in [1.29, 1.82) is 0 Å². The number of benzene rings is 1. The molecule has 2 rings (SSSR count). The smallest absolute Gasteiger partial charge is 0.0184 e. The van der Waals surface area contributed by atoms with Crippen LogP contribution in [0.2, 0.25) is 0 Å². The van der Waals surface area contributed by atoms with Gasteiger partial charge in [-0.2, -0.15) is 0 Å². The third-order valence-corrected chi connectivity index (χ3v) is 4.99. The Bertz CT molecular complexity index is 488. The summed E-state index contributed by atoms with van der Waals surface area (Å²) in [6.07, 6.45) is 2.43. The first kappa shape index (κ1) is 13.8. The second-order valence-electron chi connectivity index (χ2n) is 4.74. The summed E-state index contributed by atoms with van der Waals surface area (Å²) in [4.78, 5) is 1.49. The average molecular weight is 323 g/mol. The van der Waals surface area contributed by atoms with Gasteiger partial charge in [-0.15, -0.1) is 11.3 Å². The Morgan fingerprint density at radius 2 is 2.00 bits per heavy atom. The van der Waals surface area contributed by atoms with Crippen LogP contribution in [0.3, 0.4) is 0 Å². The van der Waals surface area contributed by atoms with Crippen LogP contribution in [-0.4, -0.2) is 5.33 Å². The molecule has 1 heterocycles. The fourth-order valence-electron chi connectivity index (χ4n) is 2.23. The Morgan fingerprint density at radius 3 is 2.61 bits per heavy atom. The van der Waals surface area contributed by atoms with Gasteiger partial charge >= 0.3 is 0 Å². The van der Waals surface area contributed by atoms with Gasteiger partial charge in [0.05, 0.1) is 0 Å². The van der Waals surface area contributed by atoms with Crippen LogP contribution in [0.15, 0.2) is 35.7 Å². The van der Waals surface area contributed by atoms with E-state index in [1.807, 2.05) is 11.3 Å². The lowest BCUT2D eigenvalue weighted by Crippen LogP contribution is -2.00. The molecule has 1 atom stereocenters. The van der Waals surface area contributed by atoms with Gasteiger partial charge in [-0.1, -0.05) is 40.2 Å². The second kappa shape index (κ2) is 6.53. The summed E-state index contributed by atoms with van der Waals surface area (Å²) in [7, 11) is 0. The third kappa shape index (κ3) is 3.24. The van der Waals surface area contributed by atoms with Gasteiger partial charge in [-0.05, 0) is 54.8 Å². The maximum atomic E-state index is 3.54. The SMILES string of the molecule is Cc1ccc([C@H](CCCBr)c2cccs2)cc1C. The van der Waals surface area contributed by atoms with Gasteiger partial charge in [-0.25, -0.2) is 0 Å². The van der Waals surface area contributed by atoms with Crippen molar-refractivity contribution in [2.24, 2.45) is 0 Å². The molecule has 0 radical (unpaired) electrons. The molecule has 2 heteroatoms. The first-order valence-electron chi connectivity index (χ1n) is 6.39. The second-order valence-corrected chi connectivity index (χ2v) is 6.52. The zero-order valence-corrected chi connectivity index (χ0v) is 13.4. The van der Waals surface area contributed by atoms with Crippen molar-refractivity contribution in [3.05, 3.63) is 57.3 Å². The highest BCUT2D eigenvalue weighted by Gasteiger charge is 2.15. The van der Waals surface area contributed by atoms with Crippen molar-refractivity contribution in [3.8, 4) is 0 Å². The molecule has 1 aromatic heterocycles. The minimum absolute atomic E-state index is 0.557. The Kier molecular flexibility index (Phi) is 5.02. The quantitative estimate of drug-likeness (QED) is 0.622. The van der Waals surface area contributed by atoms with Gasteiger partial charge in [0.2, 0.25) is 0 Å². The number of hydrogen-bond donors (Lipinski definition) is 0. The van der Waals surface area contributed by atoms with E-state index in [0.717, 1.165) is 5.33 Å². The van der Waals surface area contributed by atoms with Crippen LogP contribution >= 0.6 is 27.3 Å². The molecule has 0 fully saturated rings. The molecule has 0 aliphatic carbocycles. The lowest BCUT2D eigenvalue weighted by Gasteiger charge is -2.17. The molecule has 0 aliphatic heterocycles. The van der Waals surface area contributed by atoms with Crippen LogP contribution in [0.1, 0.15) is 40.3 Å². The third-order valence-electron chi connectivity index (χ3n) is 3.45. The molecule has 0 nitrogen and oxygen atoms in total. The predicted molar refractivity (Wildman–Crippen MR) is 85.1 cm³/mol. The maximum Gasteiger partial charge on any atom is 0.0184 e. The van der Waals surface area contributed by atoms with Crippen LogP contribution < -0.4 is 0 Å². The van der Waals surface area contributed by atoms with Crippen LogP contribution in [0.5, 0.6) is 0 Å². The Balaban J connectivity index is 2.30. The molecule has 96 valence electrons. The molecule has 0 N–H and O–H groups in total. The number of halogens is 1. The Morgan fingerprint density at radius 1 is 1.17 bits per heavy atom. The summed E-state index contributed by atoms with van der Waals surface area (Å²) < 4.78 is 0. The van der Waals surface area contributed by atoms with E-state index in [4.69, 9.17) is 0 Å². The zero-order valence-electron chi connectivity index (χ0n) is 10.9. The highest BCUT2D eigenvalue weighted by molar-refractivity contribution is 9.09. The lowest BCUT2D eigenvalue weighted by atomic mass is 9.91. The summed E-state index contributed by atoms with van der Waals surface area (Å²) in [5.41, 5.74) is 4.23. The topological polar surface area (TPSA) is 0 Å². The van der Waals surface area contributed by atoms with Crippen molar-refractivity contribution in [1.82, 2.24) is 0 Å². The van der Waals surface area contributed by atoms with E-state index in [9.17, 15) is 0 Å². The normalized spacial score (nSPS) is 12.6. The first-order valence-corrected chi connectivity index (χ1v) is 8.39. The van der Waals surface area contributed by atoms with Gasteiger partial charge in [0.1, 0.15) is 0 Å². The van der Waals surface area contributed by atoms with Gasteiger partial charge < -0.3 is 0 Å².